The predicted octanol–water partition coefficient (Wildman–Crippen LogP) is 1.29. The van der Waals surface area contributed by atoms with Gasteiger partial charge in [-0.3, -0.25) is 4.79 Å². The van der Waals surface area contributed by atoms with Crippen LogP contribution in [0.3, 0.4) is 0 Å². The average molecular weight is 235 g/mol. The molecule has 2 N–H and O–H groups in total. The van der Waals surface area contributed by atoms with Crippen molar-refractivity contribution in [3.05, 3.63) is 29.8 Å². The molecule has 0 saturated heterocycles. The number of carbonyl (C=O) groups is 1. The van der Waals surface area contributed by atoms with Crippen molar-refractivity contribution < 1.29 is 4.79 Å². The van der Waals surface area contributed by atoms with Gasteiger partial charge in [0.2, 0.25) is 5.91 Å². The Balaban J connectivity index is 2.68. The van der Waals surface area contributed by atoms with Crippen molar-refractivity contribution in [2.75, 3.05) is 26.5 Å². The monoisotopic (exact) mass is 235 g/mol. The van der Waals surface area contributed by atoms with Crippen LogP contribution in [-0.4, -0.2) is 38.0 Å². The van der Waals surface area contributed by atoms with Crippen LogP contribution in [0, 0.1) is 0 Å². The Morgan fingerprint density at radius 2 is 2.12 bits per heavy atom. The van der Waals surface area contributed by atoms with Crippen LogP contribution in [0.4, 0.5) is 5.69 Å². The Bertz CT molecular complexity index is 377. The summed E-state index contributed by atoms with van der Waals surface area (Å²) >= 11 is 0. The van der Waals surface area contributed by atoms with E-state index in [1.54, 1.807) is 7.05 Å². The molecule has 1 rings (SSSR count). The minimum Gasteiger partial charge on any atom is -0.325 e. The molecule has 4 heteroatoms. The summed E-state index contributed by atoms with van der Waals surface area (Å²) in [6.07, 6.45) is 0. The molecular formula is C13H21N3O. The van der Waals surface area contributed by atoms with Crippen LogP contribution >= 0.6 is 0 Å². The number of likely N-dealkylation sites (N-methyl/N-ethyl adjacent to an activating group) is 1. The van der Waals surface area contributed by atoms with Crippen LogP contribution in [0.15, 0.2) is 24.3 Å². The Kier molecular flexibility index (Phi) is 5.12. The number of hydrogen-bond donors (Lipinski definition) is 2. The first-order chi connectivity index (χ1) is 8.02. The van der Waals surface area contributed by atoms with Gasteiger partial charge in [-0.1, -0.05) is 12.1 Å². The third-order valence-electron chi connectivity index (χ3n) is 2.52. The standard InChI is InChI=1S/C13H21N3O/c1-10(14-2)13(17)15-12-7-5-6-11(8-12)9-16(3)4/h5-8,10,14H,9H2,1-4H3,(H,15,17). The van der Waals surface area contributed by atoms with Crippen molar-refractivity contribution in [2.24, 2.45) is 0 Å². The Morgan fingerprint density at radius 3 is 2.71 bits per heavy atom. The lowest BCUT2D eigenvalue weighted by atomic mass is 10.2. The van der Waals surface area contributed by atoms with Crippen molar-refractivity contribution in [1.29, 1.82) is 0 Å². The van der Waals surface area contributed by atoms with Crippen molar-refractivity contribution >= 4 is 11.6 Å². The van der Waals surface area contributed by atoms with Gasteiger partial charge in [0.05, 0.1) is 6.04 Å². The number of hydrogen-bond acceptors (Lipinski definition) is 3. The molecule has 17 heavy (non-hydrogen) atoms. The molecule has 0 heterocycles. The predicted molar refractivity (Wildman–Crippen MR) is 71.0 cm³/mol. The third-order valence-corrected chi connectivity index (χ3v) is 2.52. The molecule has 0 aliphatic heterocycles. The zero-order valence-corrected chi connectivity index (χ0v) is 10.9. The van der Waals surface area contributed by atoms with Crippen LogP contribution in [0.1, 0.15) is 12.5 Å². The van der Waals surface area contributed by atoms with E-state index in [9.17, 15) is 4.79 Å². The average Bonchev–Trinajstić information content (AvgIpc) is 2.27. The highest BCUT2D eigenvalue weighted by atomic mass is 16.2. The second kappa shape index (κ2) is 6.37. The zero-order chi connectivity index (χ0) is 12.8. The maximum absolute atomic E-state index is 11.7. The minimum absolute atomic E-state index is 0.0190. The summed E-state index contributed by atoms with van der Waals surface area (Å²) < 4.78 is 0. The lowest BCUT2D eigenvalue weighted by molar-refractivity contribution is -0.117. The first-order valence-corrected chi connectivity index (χ1v) is 5.74. The third kappa shape index (κ3) is 4.54. The molecule has 1 aromatic rings. The number of amides is 1. The number of benzene rings is 1. The van der Waals surface area contributed by atoms with E-state index < -0.39 is 0 Å². The van der Waals surface area contributed by atoms with Gasteiger partial charge in [0.1, 0.15) is 0 Å². The van der Waals surface area contributed by atoms with Crippen LogP contribution in [0.25, 0.3) is 0 Å². The van der Waals surface area contributed by atoms with Gasteiger partial charge in [0.25, 0.3) is 0 Å². The van der Waals surface area contributed by atoms with Gasteiger partial charge in [0.15, 0.2) is 0 Å². The first-order valence-electron chi connectivity index (χ1n) is 5.74. The van der Waals surface area contributed by atoms with Gasteiger partial charge in [0, 0.05) is 12.2 Å². The molecule has 0 fully saturated rings. The SMILES string of the molecule is CNC(C)C(=O)Nc1cccc(CN(C)C)c1. The maximum atomic E-state index is 11.7. The fraction of sp³-hybridized carbons (Fsp3) is 0.462. The van der Waals surface area contributed by atoms with Gasteiger partial charge in [-0.15, -0.1) is 0 Å². The molecule has 94 valence electrons. The summed E-state index contributed by atoms with van der Waals surface area (Å²) in [6, 6.07) is 7.72. The van der Waals surface area contributed by atoms with Crippen molar-refractivity contribution in [3.8, 4) is 0 Å². The van der Waals surface area contributed by atoms with Gasteiger partial charge in [-0.05, 0) is 45.8 Å². The fourth-order valence-corrected chi connectivity index (χ4v) is 1.49. The smallest absolute Gasteiger partial charge is 0.241 e. The summed E-state index contributed by atoms with van der Waals surface area (Å²) in [5, 5.41) is 5.80. The summed E-state index contributed by atoms with van der Waals surface area (Å²) in [5.41, 5.74) is 2.03. The molecule has 1 amide bonds. The van der Waals surface area contributed by atoms with Crippen LogP contribution in [-0.2, 0) is 11.3 Å². The summed E-state index contributed by atoms with van der Waals surface area (Å²) in [7, 11) is 5.81. The summed E-state index contributed by atoms with van der Waals surface area (Å²) in [5.74, 6) is -0.0190. The molecule has 1 aromatic carbocycles. The molecule has 4 nitrogen and oxygen atoms in total. The molecule has 0 aliphatic carbocycles. The molecule has 0 saturated carbocycles. The topological polar surface area (TPSA) is 44.4 Å². The molecule has 0 bridgehead atoms. The van der Waals surface area contributed by atoms with Crippen molar-refractivity contribution in [2.45, 2.75) is 19.5 Å². The number of nitrogens with zero attached hydrogens (tertiary/aromatic N) is 1. The highest BCUT2D eigenvalue weighted by molar-refractivity contribution is 5.94. The highest BCUT2D eigenvalue weighted by Crippen LogP contribution is 2.12. The summed E-state index contributed by atoms with van der Waals surface area (Å²) in [4.78, 5) is 13.8. The molecular weight excluding hydrogens is 214 g/mol. The summed E-state index contributed by atoms with van der Waals surface area (Å²) in [6.45, 7) is 2.70. The lowest BCUT2D eigenvalue weighted by Gasteiger charge is -2.13. The Hall–Kier alpha value is -1.39. The minimum atomic E-state index is -0.187. The largest absolute Gasteiger partial charge is 0.325 e. The molecule has 0 aliphatic rings. The first kappa shape index (κ1) is 13.7. The van der Waals surface area contributed by atoms with Gasteiger partial charge >= 0.3 is 0 Å². The van der Waals surface area contributed by atoms with E-state index in [0.717, 1.165) is 12.2 Å². The van der Waals surface area contributed by atoms with Crippen LogP contribution < -0.4 is 10.6 Å². The van der Waals surface area contributed by atoms with Gasteiger partial charge in [-0.25, -0.2) is 0 Å². The highest BCUT2D eigenvalue weighted by Gasteiger charge is 2.10. The van der Waals surface area contributed by atoms with E-state index in [0.29, 0.717) is 0 Å². The van der Waals surface area contributed by atoms with E-state index in [4.69, 9.17) is 0 Å². The number of anilines is 1. The van der Waals surface area contributed by atoms with E-state index in [2.05, 4.69) is 21.6 Å². The van der Waals surface area contributed by atoms with Crippen LogP contribution in [0.5, 0.6) is 0 Å². The van der Waals surface area contributed by atoms with E-state index >= 15 is 0 Å². The Morgan fingerprint density at radius 1 is 1.41 bits per heavy atom. The maximum Gasteiger partial charge on any atom is 0.241 e. The molecule has 0 radical (unpaired) electrons. The van der Waals surface area contributed by atoms with Crippen LogP contribution in [0.2, 0.25) is 0 Å². The zero-order valence-electron chi connectivity index (χ0n) is 10.9. The number of carbonyl (C=O) groups excluding carboxylic acids is 1. The molecule has 1 unspecified atom stereocenters. The van der Waals surface area contributed by atoms with E-state index in [-0.39, 0.29) is 11.9 Å². The quantitative estimate of drug-likeness (QED) is 0.808. The van der Waals surface area contributed by atoms with Crippen molar-refractivity contribution in [3.63, 3.8) is 0 Å². The van der Waals surface area contributed by atoms with E-state index in [1.165, 1.54) is 5.56 Å². The number of rotatable bonds is 5. The fourth-order valence-electron chi connectivity index (χ4n) is 1.49. The second-order valence-electron chi connectivity index (χ2n) is 4.44. The Labute approximate surface area is 103 Å². The number of nitrogens with one attached hydrogen (secondary N) is 2. The van der Waals surface area contributed by atoms with E-state index in [1.807, 2.05) is 39.2 Å². The van der Waals surface area contributed by atoms with Gasteiger partial charge in [-0.2, -0.15) is 0 Å². The lowest BCUT2D eigenvalue weighted by Crippen LogP contribution is -2.35. The molecule has 1 atom stereocenters. The van der Waals surface area contributed by atoms with Gasteiger partial charge < -0.3 is 15.5 Å². The molecule has 0 spiro atoms. The normalized spacial score (nSPS) is 12.5. The molecule has 0 aromatic heterocycles. The van der Waals surface area contributed by atoms with Crippen molar-refractivity contribution in [1.82, 2.24) is 10.2 Å². The second-order valence-corrected chi connectivity index (χ2v) is 4.44.